The Balaban J connectivity index is 1.96. The van der Waals surface area contributed by atoms with Gasteiger partial charge in [0.05, 0.1) is 24.7 Å². The highest BCUT2D eigenvalue weighted by Gasteiger charge is 2.26. The number of nitrogens with zero attached hydrogens (tertiary/aromatic N) is 1. The van der Waals surface area contributed by atoms with Crippen molar-refractivity contribution in [3.8, 4) is 0 Å². The first-order chi connectivity index (χ1) is 12.3. The molecule has 9 nitrogen and oxygen atoms in total. The highest BCUT2D eigenvalue weighted by atomic mass is 32.2. The Hall–Kier alpha value is -2.17. The van der Waals surface area contributed by atoms with Gasteiger partial charge in [-0.3, -0.25) is 10.1 Å². The average Bonchev–Trinajstić information content (AvgIpc) is 2.60. The van der Waals surface area contributed by atoms with Gasteiger partial charge in [-0.05, 0) is 32.0 Å². The molecule has 1 aliphatic rings. The van der Waals surface area contributed by atoms with E-state index < -0.39 is 22.0 Å². The zero-order valence-electron chi connectivity index (χ0n) is 14.8. The maximum absolute atomic E-state index is 12.6. The Labute approximate surface area is 153 Å². The van der Waals surface area contributed by atoms with Gasteiger partial charge in [0.25, 0.3) is 0 Å². The molecule has 0 aromatic heterocycles. The number of urea groups is 1. The van der Waals surface area contributed by atoms with Gasteiger partial charge >= 0.3 is 6.03 Å². The standard InChI is InChI=1S/C16H24N4O5S/c1-12(2)18-16(22)19-15(21)11-17-13-4-3-5-14(10-13)26(23,24)20-6-8-25-9-7-20/h3-5,10,12,17H,6-9,11H2,1-2H3,(H2,18,19,21,22). The number of hydrogen-bond donors (Lipinski definition) is 3. The molecule has 0 spiro atoms. The maximum Gasteiger partial charge on any atom is 0.321 e. The van der Waals surface area contributed by atoms with Crippen molar-refractivity contribution in [1.29, 1.82) is 0 Å². The van der Waals surface area contributed by atoms with Crippen LogP contribution in [-0.4, -0.2) is 63.6 Å². The summed E-state index contributed by atoms with van der Waals surface area (Å²) in [5.74, 6) is -0.524. The van der Waals surface area contributed by atoms with Crippen LogP contribution in [0.25, 0.3) is 0 Å². The molecule has 1 heterocycles. The molecule has 0 atom stereocenters. The van der Waals surface area contributed by atoms with E-state index in [1.807, 2.05) is 0 Å². The van der Waals surface area contributed by atoms with Crippen molar-refractivity contribution < 1.29 is 22.7 Å². The van der Waals surface area contributed by atoms with E-state index in [0.29, 0.717) is 32.0 Å². The van der Waals surface area contributed by atoms with Gasteiger partial charge in [-0.2, -0.15) is 4.31 Å². The van der Waals surface area contributed by atoms with Crippen LogP contribution in [0.4, 0.5) is 10.5 Å². The molecule has 0 bridgehead atoms. The molecule has 1 aromatic carbocycles. The van der Waals surface area contributed by atoms with E-state index in [2.05, 4.69) is 16.0 Å². The van der Waals surface area contributed by atoms with Crippen molar-refractivity contribution in [2.45, 2.75) is 24.8 Å². The molecule has 3 N–H and O–H groups in total. The first-order valence-electron chi connectivity index (χ1n) is 8.31. The maximum atomic E-state index is 12.6. The van der Waals surface area contributed by atoms with E-state index in [0.717, 1.165) is 0 Å². The number of amides is 3. The van der Waals surface area contributed by atoms with Crippen LogP contribution in [0.2, 0.25) is 0 Å². The lowest BCUT2D eigenvalue weighted by atomic mass is 10.3. The SMILES string of the molecule is CC(C)NC(=O)NC(=O)CNc1cccc(S(=O)(=O)N2CCOCC2)c1. The zero-order valence-corrected chi connectivity index (χ0v) is 15.6. The summed E-state index contributed by atoms with van der Waals surface area (Å²) in [6, 6.07) is 5.56. The molecule has 2 rings (SSSR count). The fourth-order valence-electron chi connectivity index (χ4n) is 2.35. The number of carbonyl (C=O) groups is 2. The summed E-state index contributed by atoms with van der Waals surface area (Å²) in [5, 5.41) is 7.55. The van der Waals surface area contributed by atoms with Gasteiger partial charge in [0.1, 0.15) is 0 Å². The van der Waals surface area contributed by atoms with Gasteiger partial charge in [0.2, 0.25) is 15.9 Å². The number of ether oxygens (including phenoxy) is 1. The highest BCUT2D eigenvalue weighted by molar-refractivity contribution is 7.89. The van der Waals surface area contributed by atoms with Crippen molar-refractivity contribution in [2.75, 3.05) is 38.2 Å². The summed E-state index contributed by atoms with van der Waals surface area (Å²) in [6.45, 7) is 4.77. The molecule has 0 radical (unpaired) electrons. The van der Waals surface area contributed by atoms with Crippen molar-refractivity contribution in [1.82, 2.24) is 14.9 Å². The topological polar surface area (TPSA) is 117 Å². The van der Waals surface area contributed by atoms with Crippen molar-refractivity contribution in [3.63, 3.8) is 0 Å². The molecule has 0 aliphatic carbocycles. The van der Waals surface area contributed by atoms with E-state index in [9.17, 15) is 18.0 Å². The fraction of sp³-hybridized carbons (Fsp3) is 0.500. The predicted molar refractivity (Wildman–Crippen MR) is 96.3 cm³/mol. The monoisotopic (exact) mass is 384 g/mol. The lowest BCUT2D eigenvalue weighted by molar-refractivity contribution is -0.118. The number of anilines is 1. The van der Waals surface area contributed by atoms with Crippen LogP contribution in [0.15, 0.2) is 29.2 Å². The number of sulfonamides is 1. The Kier molecular flexibility index (Phi) is 6.95. The number of rotatable bonds is 6. The number of morpholine rings is 1. The number of carbonyl (C=O) groups excluding carboxylic acids is 2. The Bertz CT molecular complexity index is 745. The smallest absolute Gasteiger partial charge is 0.321 e. The predicted octanol–water partition coefficient (Wildman–Crippen LogP) is 0.354. The summed E-state index contributed by atoms with van der Waals surface area (Å²) in [4.78, 5) is 23.4. The third-order valence-corrected chi connectivity index (χ3v) is 5.46. The van der Waals surface area contributed by atoms with Crippen molar-refractivity contribution >= 4 is 27.6 Å². The summed E-state index contributed by atoms with van der Waals surface area (Å²) in [5.41, 5.74) is 0.471. The van der Waals surface area contributed by atoms with Gasteiger partial charge in [0.15, 0.2) is 0 Å². The van der Waals surface area contributed by atoms with Gasteiger partial charge < -0.3 is 15.4 Å². The first kappa shape index (κ1) is 20.1. The van der Waals surface area contributed by atoms with Gasteiger partial charge in [0, 0.05) is 24.8 Å². The second-order valence-electron chi connectivity index (χ2n) is 6.07. The molecular weight excluding hydrogens is 360 g/mol. The quantitative estimate of drug-likeness (QED) is 0.652. The molecule has 3 amide bonds. The molecule has 0 unspecified atom stereocenters. The van der Waals surface area contributed by atoms with Crippen LogP contribution < -0.4 is 16.0 Å². The molecule has 10 heteroatoms. The summed E-state index contributed by atoms with van der Waals surface area (Å²) >= 11 is 0. The largest absolute Gasteiger partial charge is 0.379 e. The molecule has 1 aliphatic heterocycles. The minimum absolute atomic E-state index is 0.0853. The minimum atomic E-state index is -3.61. The molecule has 1 saturated heterocycles. The normalized spacial score (nSPS) is 15.5. The lowest BCUT2D eigenvalue weighted by Gasteiger charge is -2.26. The van der Waals surface area contributed by atoms with Crippen LogP contribution in [0.3, 0.4) is 0 Å². The summed E-state index contributed by atoms with van der Waals surface area (Å²) in [6.07, 6.45) is 0. The molecule has 1 aromatic rings. The molecule has 1 fully saturated rings. The van der Waals surface area contributed by atoms with Crippen LogP contribution in [0.1, 0.15) is 13.8 Å². The van der Waals surface area contributed by atoms with Crippen LogP contribution >= 0.6 is 0 Å². The van der Waals surface area contributed by atoms with Crippen molar-refractivity contribution in [2.24, 2.45) is 0 Å². The fourth-order valence-corrected chi connectivity index (χ4v) is 3.81. The highest BCUT2D eigenvalue weighted by Crippen LogP contribution is 2.20. The molecule has 0 saturated carbocycles. The molecule has 144 valence electrons. The van der Waals surface area contributed by atoms with Gasteiger partial charge in [-0.25, -0.2) is 13.2 Å². The summed E-state index contributed by atoms with van der Waals surface area (Å²) in [7, 11) is -3.61. The van der Waals surface area contributed by atoms with Crippen molar-refractivity contribution in [3.05, 3.63) is 24.3 Å². The second-order valence-corrected chi connectivity index (χ2v) is 8.01. The first-order valence-corrected chi connectivity index (χ1v) is 9.75. The van der Waals surface area contributed by atoms with Crippen LogP contribution in [0, 0.1) is 0 Å². The molecule has 26 heavy (non-hydrogen) atoms. The van der Waals surface area contributed by atoms with Gasteiger partial charge in [-0.1, -0.05) is 6.07 Å². The number of nitrogens with one attached hydrogen (secondary N) is 3. The van der Waals surface area contributed by atoms with Gasteiger partial charge in [-0.15, -0.1) is 0 Å². The number of benzene rings is 1. The van der Waals surface area contributed by atoms with E-state index in [4.69, 9.17) is 4.74 Å². The van der Waals surface area contributed by atoms with E-state index in [-0.39, 0.29) is 17.5 Å². The second kappa shape index (κ2) is 8.97. The van der Waals surface area contributed by atoms with Crippen LogP contribution in [0.5, 0.6) is 0 Å². The van der Waals surface area contributed by atoms with E-state index in [1.165, 1.54) is 16.4 Å². The van der Waals surface area contributed by atoms with Crippen LogP contribution in [-0.2, 0) is 19.6 Å². The average molecular weight is 384 g/mol. The summed E-state index contributed by atoms with van der Waals surface area (Å²) < 4.78 is 31.8. The number of hydrogen-bond acceptors (Lipinski definition) is 6. The Morgan fingerprint density at radius 3 is 2.58 bits per heavy atom. The molecular formula is C16H24N4O5S. The third kappa shape index (κ3) is 5.68. The Morgan fingerprint density at radius 1 is 1.23 bits per heavy atom. The number of imide groups is 1. The minimum Gasteiger partial charge on any atom is -0.379 e. The Morgan fingerprint density at radius 2 is 1.92 bits per heavy atom. The zero-order chi connectivity index (χ0) is 19.2. The van der Waals surface area contributed by atoms with E-state index >= 15 is 0 Å². The van der Waals surface area contributed by atoms with E-state index in [1.54, 1.807) is 26.0 Å². The lowest BCUT2D eigenvalue weighted by Crippen LogP contribution is -2.44. The third-order valence-electron chi connectivity index (χ3n) is 3.57.